The summed E-state index contributed by atoms with van der Waals surface area (Å²) in [5, 5.41) is 10.6. The molecule has 2 aromatic rings. The Bertz CT molecular complexity index is 1020. The van der Waals surface area contributed by atoms with Gasteiger partial charge in [0.15, 0.2) is 11.6 Å². The Morgan fingerprint density at radius 2 is 1.93 bits per heavy atom. The second kappa shape index (κ2) is 6.39. The Morgan fingerprint density at radius 1 is 1.19 bits per heavy atom. The number of carbonyl (C=O) groups is 3. The van der Waals surface area contributed by atoms with Crippen molar-refractivity contribution in [1.82, 2.24) is 0 Å². The maximum Gasteiger partial charge on any atom is 0.342 e. The Balaban J connectivity index is 2.01. The predicted molar refractivity (Wildman–Crippen MR) is 95.1 cm³/mol. The third-order valence-electron chi connectivity index (χ3n) is 4.80. The minimum Gasteiger partial charge on any atom is -0.511 e. The van der Waals surface area contributed by atoms with Crippen LogP contribution in [0.25, 0.3) is 5.57 Å². The first-order valence-electron chi connectivity index (χ1n) is 8.60. The van der Waals surface area contributed by atoms with E-state index in [-0.39, 0.29) is 58.4 Å². The lowest BCUT2D eigenvalue weighted by Crippen LogP contribution is -2.34. The summed E-state index contributed by atoms with van der Waals surface area (Å²) in [4.78, 5) is 38.7. The molecule has 0 radical (unpaired) electrons. The van der Waals surface area contributed by atoms with E-state index in [0.29, 0.717) is 5.56 Å². The fourth-order valence-electron chi connectivity index (χ4n) is 3.67. The first kappa shape index (κ1) is 17.0. The molecule has 4 rings (SSSR count). The molecule has 1 aromatic carbocycles. The lowest BCUT2D eigenvalue weighted by molar-refractivity contribution is -0.138. The summed E-state index contributed by atoms with van der Waals surface area (Å²) < 4.78 is 10.5. The number of ketones is 2. The van der Waals surface area contributed by atoms with Gasteiger partial charge in [-0.05, 0) is 19.1 Å². The van der Waals surface area contributed by atoms with Crippen LogP contribution in [0.15, 0.2) is 64.0 Å². The molecule has 2 aliphatic carbocycles. The number of furan rings is 1. The summed E-state index contributed by atoms with van der Waals surface area (Å²) in [5.41, 5.74) is 0.762. The minimum atomic E-state index is -0.870. The molecular formula is C21H16O6. The van der Waals surface area contributed by atoms with Crippen LogP contribution >= 0.6 is 0 Å². The lowest BCUT2D eigenvalue weighted by Gasteiger charge is -2.31. The van der Waals surface area contributed by atoms with Crippen LogP contribution in [0.3, 0.4) is 0 Å². The van der Waals surface area contributed by atoms with E-state index in [1.54, 1.807) is 43.3 Å². The van der Waals surface area contributed by atoms with Gasteiger partial charge in [0.2, 0.25) is 0 Å². The fraction of sp³-hybridized carbons (Fsp3) is 0.190. The van der Waals surface area contributed by atoms with Crippen LogP contribution in [-0.2, 0) is 9.53 Å². The Morgan fingerprint density at radius 3 is 2.59 bits per heavy atom. The van der Waals surface area contributed by atoms with Crippen molar-refractivity contribution in [2.75, 3.05) is 6.61 Å². The molecule has 6 nitrogen and oxygen atoms in total. The molecule has 0 amide bonds. The van der Waals surface area contributed by atoms with Gasteiger partial charge in [0.25, 0.3) is 0 Å². The van der Waals surface area contributed by atoms with Crippen molar-refractivity contribution in [3.8, 4) is 0 Å². The normalized spacial score (nSPS) is 19.1. The number of hydrogen-bond acceptors (Lipinski definition) is 6. The van der Waals surface area contributed by atoms with Gasteiger partial charge >= 0.3 is 5.97 Å². The van der Waals surface area contributed by atoms with E-state index in [0.717, 1.165) is 0 Å². The molecule has 0 unspecified atom stereocenters. The zero-order chi connectivity index (χ0) is 19.1. The maximum absolute atomic E-state index is 13.2. The molecule has 136 valence electrons. The van der Waals surface area contributed by atoms with Gasteiger partial charge < -0.3 is 14.3 Å². The SMILES string of the molecule is CCOC(=O)C1=C(O)C[C@@H]2C(=O)c3ccccc3C(=O)C2=C1c1ccco1. The van der Waals surface area contributed by atoms with E-state index in [2.05, 4.69) is 0 Å². The van der Waals surface area contributed by atoms with Crippen LogP contribution in [0.1, 0.15) is 39.8 Å². The van der Waals surface area contributed by atoms with E-state index in [4.69, 9.17) is 9.15 Å². The molecule has 0 saturated heterocycles. The predicted octanol–water partition coefficient (Wildman–Crippen LogP) is 3.51. The van der Waals surface area contributed by atoms with Crippen molar-refractivity contribution in [3.63, 3.8) is 0 Å². The minimum absolute atomic E-state index is 0.107. The molecule has 2 aliphatic rings. The van der Waals surface area contributed by atoms with E-state index in [9.17, 15) is 19.5 Å². The second-order valence-electron chi connectivity index (χ2n) is 6.30. The zero-order valence-electron chi connectivity index (χ0n) is 14.5. The Hall–Kier alpha value is -3.41. The topological polar surface area (TPSA) is 93.8 Å². The van der Waals surface area contributed by atoms with E-state index >= 15 is 0 Å². The van der Waals surface area contributed by atoms with Gasteiger partial charge in [-0.3, -0.25) is 9.59 Å². The standard InChI is InChI=1S/C21H16O6/c1-2-26-21(25)17-14(22)10-13-16(18(17)15-8-5-9-27-15)20(24)12-7-4-3-6-11(12)19(13)23/h3-9,13,22H,2,10H2,1H3/t13-/m0/s1. The molecule has 27 heavy (non-hydrogen) atoms. The highest BCUT2D eigenvalue weighted by molar-refractivity contribution is 6.29. The number of benzene rings is 1. The monoisotopic (exact) mass is 364 g/mol. The van der Waals surface area contributed by atoms with Crippen molar-refractivity contribution >= 4 is 23.1 Å². The highest BCUT2D eigenvalue weighted by Crippen LogP contribution is 2.45. The number of esters is 1. The van der Waals surface area contributed by atoms with Crippen LogP contribution < -0.4 is 0 Å². The van der Waals surface area contributed by atoms with Gasteiger partial charge in [0.05, 0.1) is 18.8 Å². The number of Topliss-reactive ketones (excluding diaryl/α,β-unsaturated/α-hetero) is 2. The highest BCUT2D eigenvalue weighted by Gasteiger charge is 2.45. The molecule has 1 N–H and O–H groups in total. The number of hydrogen-bond donors (Lipinski definition) is 1. The largest absolute Gasteiger partial charge is 0.511 e. The van der Waals surface area contributed by atoms with Crippen LogP contribution in [0.5, 0.6) is 0 Å². The van der Waals surface area contributed by atoms with Crippen LogP contribution in [0.4, 0.5) is 0 Å². The number of aliphatic hydroxyl groups is 1. The quantitative estimate of drug-likeness (QED) is 0.838. The van der Waals surface area contributed by atoms with Crippen molar-refractivity contribution in [3.05, 3.63) is 76.5 Å². The van der Waals surface area contributed by atoms with Crippen molar-refractivity contribution in [1.29, 1.82) is 0 Å². The summed E-state index contributed by atoms with van der Waals surface area (Å²) >= 11 is 0. The maximum atomic E-state index is 13.2. The van der Waals surface area contributed by atoms with Gasteiger partial charge in [-0.25, -0.2) is 4.79 Å². The van der Waals surface area contributed by atoms with E-state index in [1.165, 1.54) is 6.26 Å². The van der Waals surface area contributed by atoms with Gasteiger partial charge in [-0.2, -0.15) is 0 Å². The van der Waals surface area contributed by atoms with Gasteiger partial charge in [0, 0.05) is 28.7 Å². The average molecular weight is 364 g/mol. The summed E-state index contributed by atoms with van der Waals surface area (Å²) in [6.45, 7) is 1.75. The smallest absolute Gasteiger partial charge is 0.342 e. The number of aliphatic hydroxyl groups excluding tert-OH is 1. The molecular weight excluding hydrogens is 348 g/mol. The number of rotatable bonds is 3. The van der Waals surface area contributed by atoms with E-state index in [1.807, 2.05) is 0 Å². The van der Waals surface area contributed by atoms with Crippen molar-refractivity contribution < 1.29 is 28.6 Å². The molecule has 6 heteroatoms. The molecule has 1 heterocycles. The van der Waals surface area contributed by atoms with Crippen LogP contribution in [0.2, 0.25) is 0 Å². The fourth-order valence-corrected chi connectivity index (χ4v) is 3.67. The molecule has 0 bridgehead atoms. The molecule has 0 aliphatic heterocycles. The second-order valence-corrected chi connectivity index (χ2v) is 6.30. The zero-order valence-corrected chi connectivity index (χ0v) is 14.5. The molecule has 1 aromatic heterocycles. The van der Waals surface area contributed by atoms with Crippen LogP contribution in [0, 0.1) is 5.92 Å². The molecule has 0 saturated carbocycles. The summed E-state index contributed by atoms with van der Waals surface area (Å²) in [6.07, 6.45) is 1.27. The van der Waals surface area contributed by atoms with Gasteiger partial charge in [-0.15, -0.1) is 0 Å². The summed E-state index contributed by atoms with van der Waals surface area (Å²) in [5.74, 6) is -2.30. The molecule has 0 fully saturated rings. The highest BCUT2D eigenvalue weighted by atomic mass is 16.5. The number of carbonyl (C=O) groups excluding carboxylic acids is 3. The number of allylic oxidation sites excluding steroid dienone is 2. The number of ether oxygens (including phenoxy) is 1. The molecule has 1 atom stereocenters. The van der Waals surface area contributed by atoms with Gasteiger partial charge in [-0.1, -0.05) is 24.3 Å². The number of fused-ring (bicyclic) bond motifs is 2. The van der Waals surface area contributed by atoms with Crippen LogP contribution in [-0.4, -0.2) is 29.2 Å². The van der Waals surface area contributed by atoms with Crippen molar-refractivity contribution in [2.24, 2.45) is 5.92 Å². The first-order valence-corrected chi connectivity index (χ1v) is 8.60. The molecule has 0 spiro atoms. The lowest BCUT2D eigenvalue weighted by atomic mass is 9.70. The third kappa shape index (κ3) is 2.52. The third-order valence-corrected chi connectivity index (χ3v) is 4.80. The average Bonchev–Trinajstić information content (AvgIpc) is 3.19. The first-order chi connectivity index (χ1) is 13.0. The summed E-state index contributed by atoms with van der Waals surface area (Å²) in [7, 11) is 0. The van der Waals surface area contributed by atoms with Crippen molar-refractivity contribution in [2.45, 2.75) is 13.3 Å². The van der Waals surface area contributed by atoms with Gasteiger partial charge in [0.1, 0.15) is 17.1 Å². The Kier molecular flexibility index (Phi) is 4.03. The Labute approximate surface area is 154 Å². The van der Waals surface area contributed by atoms with E-state index < -0.39 is 11.9 Å². The summed E-state index contributed by atoms with van der Waals surface area (Å²) in [6, 6.07) is 9.74.